The first kappa shape index (κ1) is 22.6. The lowest BCUT2D eigenvalue weighted by molar-refractivity contribution is -0.141. The van der Waals surface area contributed by atoms with Gasteiger partial charge in [-0.3, -0.25) is 0 Å². The van der Waals surface area contributed by atoms with Gasteiger partial charge in [-0.15, -0.1) is 0 Å². The maximum atomic E-state index is 13.1. The second-order valence-corrected chi connectivity index (χ2v) is 5.39. The van der Waals surface area contributed by atoms with E-state index in [1.165, 1.54) is 11.8 Å². The van der Waals surface area contributed by atoms with Gasteiger partial charge in [-0.1, -0.05) is 17.7 Å². The average Bonchev–Trinajstić information content (AvgIpc) is 3.18. The SMILES string of the molecule is C=O.C=O.COc1ccc(-c2cc(C(F)(F)F)nn2-c2ccc(C)cc2)cc1. The fourth-order valence-electron chi connectivity index (χ4n) is 2.37. The maximum absolute atomic E-state index is 13.1. The molecule has 0 saturated carbocycles. The molecule has 2 aromatic carbocycles. The number of benzene rings is 2. The number of nitrogens with zero attached hydrogens (tertiary/aromatic N) is 2. The third kappa shape index (κ3) is 5.29. The minimum absolute atomic E-state index is 0.369. The van der Waals surface area contributed by atoms with Crippen molar-refractivity contribution in [3.8, 4) is 22.7 Å². The van der Waals surface area contributed by atoms with Gasteiger partial charge >= 0.3 is 6.18 Å². The molecule has 148 valence electrons. The van der Waals surface area contributed by atoms with Crippen molar-refractivity contribution in [2.24, 2.45) is 0 Å². The summed E-state index contributed by atoms with van der Waals surface area (Å²) in [7, 11) is 1.54. The quantitative estimate of drug-likeness (QED) is 0.658. The van der Waals surface area contributed by atoms with Crippen LogP contribution in [0.4, 0.5) is 13.2 Å². The van der Waals surface area contributed by atoms with Gasteiger partial charge in [0, 0.05) is 5.56 Å². The Morgan fingerprint density at radius 3 is 1.93 bits per heavy atom. The summed E-state index contributed by atoms with van der Waals surface area (Å²) in [4.78, 5) is 16.0. The lowest BCUT2D eigenvalue weighted by atomic mass is 10.1. The fourth-order valence-corrected chi connectivity index (χ4v) is 2.37. The van der Waals surface area contributed by atoms with Crippen molar-refractivity contribution in [1.82, 2.24) is 9.78 Å². The molecule has 0 N–H and O–H groups in total. The van der Waals surface area contributed by atoms with Gasteiger partial charge in [0.15, 0.2) is 5.69 Å². The van der Waals surface area contributed by atoms with Crippen molar-refractivity contribution in [2.75, 3.05) is 7.11 Å². The smallest absolute Gasteiger partial charge is 0.435 e. The van der Waals surface area contributed by atoms with Gasteiger partial charge in [0.05, 0.1) is 18.5 Å². The minimum atomic E-state index is -4.50. The molecule has 0 saturated heterocycles. The van der Waals surface area contributed by atoms with Gasteiger partial charge < -0.3 is 14.3 Å². The summed E-state index contributed by atoms with van der Waals surface area (Å²) in [6.45, 7) is 5.92. The third-order valence-corrected chi connectivity index (χ3v) is 3.66. The van der Waals surface area contributed by atoms with E-state index in [0.29, 0.717) is 22.7 Å². The molecule has 0 fully saturated rings. The van der Waals surface area contributed by atoms with Crippen LogP contribution in [0.5, 0.6) is 5.75 Å². The Bertz CT molecular complexity index is 871. The van der Waals surface area contributed by atoms with E-state index < -0.39 is 11.9 Å². The molecule has 3 rings (SSSR count). The molecule has 0 aliphatic carbocycles. The molecule has 5 nitrogen and oxygen atoms in total. The Hall–Kier alpha value is -3.42. The lowest BCUT2D eigenvalue weighted by Crippen LogP contribution is -2.07. The molecule has 0 radical (unpaired) electrons. The number of alkyl halides is 3. The van der Waals surface area contributed by atoms with E-state index in [0.717, 1.165) is 11.6 Å². The molecule has 0 aliphatic heterocycles. The number of aryl methyl sites for hydroxylation is 1. The first-order valence-electron chi connectivity index (χ1n) is 7.85. The van der Waals surface area contributed by atoms with Crippen LogP contribution in [0.25, 0.3) is 16.9 Å². The highest BCUT2D eigenvalue weighted by Crippen LogP contribution is 2.33. The van der Waals surface area contributed by atoms with Crippen molar-refractivity contribution in [1.29, 1.82) is 0 Å². The van der Waals surface area contributed by atoms with E-state index >= 15 is 0 Å². The van der Waals surface area contributed by atoms with Crippen LogP contribution >= 0.6 is 0 Å². The Kier molecular flexibility index (Phi) is 8.12. The molecule has 1 heterocycles. The number of hydrogen-bond acceptors (Lipinski definition) is 4. The summed E-state index contributed by atoms with van der Waals surface area (Å²) in [5.41, 5.74) is 1.66. The predicted molar refractivity (Wildman–Crippen MR) is 99.5 cm³/mol. The maximum Gasteiger partial charge on any atom is 0.435 e. The van der Waals surface area contributed by atoms with E-state index in [-0.39, 0.29) is 0 Å². The van der Waals surface area contributed by atoms with Crippen molar-refractivity contribution >= 4 is 13.6 Å². The molecule has 0 aliphatic rings. The van der Waals surface area contributed by atoms with E-state index in [2.05, 4.69) is 5.10 Å². The molecule has 0 unspecified atom stereocenters. The number of ether oxygens (including phenoxy) is 1. The number of carbonyl (C=O) groups excluding carboxylic acids is 2. The predicted octanol–water partition coefficient (Wildman–Crippen LogP) is 4.51. The number of halogens is 3. The Morgan fingerprint density at radius 2 is 1.46 bits per heavy atom. The highest BCUT2D eigenvalue weighted by molar-refractivity contribution is 5.64. The summed E-state index contributed by atoms with van der Waals surface area (Å²) in [5.74, 6) is 0.635. The van der Waals surface area contributed by atoms with Gasteiger partial charge in [0.2, 0.25) is 0 Å². The van der Waals surface area contributed by atoms with Crippen LogP contribution in [0.3, 0.4) is 0 Å². The van der Waals surface area contributed by atoms with Crippen LogP contribution in [0.15, 0.2) is 54.6 Å². The Labute approximate surface area is 160 Å². The molecule has 0 atom stereocenters. The van der Waals surface area contributed by atoms with Crippen LogP contribution in [-0.2, 0) is 15.8 Å². The second-order valence-electron chi connectivity index (χ2n) is 5.39. The van der Waals surface area contributed by atoms with Crippen LogP contribution in [0, 0.1) is 6.92 Å². The van der Waals surface area contributed by atoms with Crippen molar-refractivity contribution in [2.45, 2.75) is 13.1 Å². The number of carbonyl (C=O) groups is 2. The molecule has 0 spiro atoms. The number of methoxy groups -OCH3 is 1. The Balaban J connectivity index is 0.000000921. The normalized spacial score (nSPS) is 10.2. The van der Waals surface area contributed by atoms with Crippen molar-refractivity contribution in [3.63, 3.8) is 0 Å². The first-order chi connectivity index (χ1) is 13.4. The lowest BCUT2D eigenvalue weighted by Gasteiger charge is -2.08. The van der Waals surface area contributed by atoms with E-state index in [1.54, 1.807) is 36.4 Å². The van der Waals surface area contributed by atoms with Crippen LogP contribution in [0.1, 0.15) is 11.3 Å². The number of aromatic nitrogens is 2. The molecule has 3 aromatic rings. The van der Waals surface area contributed by atoms with E-state index in [9.17, 15) is 13.2 Å². The van der Waals surface area contributed by atoms with Crippen molar-refractivity contribution in [3.05, 3.63) is 65.9 Å². The van der Waals surface area contributed by atoms with E-state index in [4.69, 9.17) is 14.3 Å². The number of rotatable bonds is 3. The largest absolute Gasteiger partial charge is 0.497 e. The van der Waals surface area contributed by atoms with Gasteiger partial charge in [-0.25, -0.2) is 4.68 Å². The number of hydrogen-bond donors (Lipinski definition) is 0. The van der Waals surface area contributed by atoms with Crippen LogP contribution in [0.2, 0.25) is 0 Å². The van der Waals surface area contributed by atoms with Gasteiger partial charge in [0.1, 0.15) is 19.3 Å². The summed E-state index contributed by atoms with van der Waals surface area (Å²) < 4.78 is 45.7. The fraction of sp³-hybridized carbons (Fsp3) is 0.150. The second kappa shape index (κ2) is 10.1. The van der Waals surface area contributed by atoms with Crippen LogP contribution in [-0.4, -0.2) is 30.5 Å². The summed E-state index contributed by atoms with van der Waals surface area (Å²) in [6, 6.07) is 15.0. The minimum Gasteiger partial charge on any atom is -0.497 e. The molecule has 28 heavy (non-hydrogen) atoms. The monoisotopic (exact) mass is 392 g/mol. The first-order valence-corrected chi connectivity index (χ1v) is 7.85. The highest BCUT2D eigenvalue weighted by Gasteiger charge is 2.35. The molecular formula is C20H19F3N2O3. The van der Waals surface area contributed by atoms with Crippen molar-refractivity contribution < 1.29 is 27.5 Å². The van der Waals surface area contributed by atoms with E-state index in [1.807, 2.05) is 32.6 Å². The topological polar surface area (TPSA) is 61.2 Å². The molecular weight excluding hydrogens is 373 g/mol. The zero-order chi connectivity index (χ0) is 21.3. The van der Waals surface area contributed by atoms with Crippen LogP contribution < -0.4 is 4.74 Å². The Morgan fingerprint density at radius 1 is 0.929 bits per heavy atom. The van der Waals surface area contributed by atoms with Gasteiger partial charge in [-0.05, 0) is 49.4 Å². The molecule has 0 bridgehead atoms. The average molecular weight is 392 g/mol. The zero-order valence-electron chi connectivity index (χ0n) is 15.4. The third-order valence-electron chi connectivity index (χ3n) is 3.66. The zero-order valence-corrected chi connectivity index (χ0v) is 15.4. The summed E-state index contributed by atoms with van der Waals surface area (Å²) in [5, 5.41) is 3.76. The molecule has 0 amide bonds. The highest BCUT2D eigenvalue weighted by atomic mass is 19.4. The molecule has 1 aromatic heterocycles. The summed E-state index contributed by atoms with van der Waals surface area (Å²) in [6.07, 6.45) is -4.50. The molecule has 8 heteroatoms. The standard InChI is InChI=1S/C18H15F3N2O.2CH2O/c1-12-3-7-14(8-4-12)23-16(11-17(22-23)18(19,20)21)13-5-9-15(24-2)10-6-13;2*1-2/h3-11H,1-2H3;2*1H2. The van der Waals surface area contributed by atoms with Gasteiger partial charge in [-0.2, -0.15) is 18.3 Å². The summed E-state index contributed by atoms with van der Waals surface area (Å²) >= 11 is 0. The van der Waals surface area contributed by atoms with Gasteiger partial charge in [0.25, 0.3) is 0 Å².